The van der Waals surface area contributed by atoms with Crippen molar-refractivity contribution in [2.24, 2.45) is 4.99 Å². The Kier molecular flexibility index (Phi) is 4.35. The number of rotatable bonds is 5. The van der Waals surface area contributed by atoms with Crippen molar-refractivity contribution in [1.82, 2.24) is 14.3 Å². The fraction of sp³-hybridized carbons (Fsp3) is 0.0476. The van der Waals surface area contributed by atoms with Crippen LogP contribution in [0.3, 0.4) is 0 Å². The van der Waals surface area contributed by atoms with Crippen molar-refractivity contribution in [1.29, 1.82) is 0 Å². The monoisotopic (exact) mass is 342 g/mol. The normalized spacial score (nSPS) is 11.1. The van der Waals surface area contributed by atoms with Crippen LogP contribution in [0, 0.1) is 0 Å². The molecule has 2 heterocycles. The molecule has 4 rings (SSSR count). The van der Waals surface area contributed by atoms with Crippen LogP contribution in [0.15, 0.2) is 90.3 Å². The topological polar surface area (TPSA) is 44.3 Å². The molecule has 128 valence electrons. The largest absolute Gasteiger partial charge is 0.497 e. The summed E-state index contributed by atoms with van der Waals surface area (Å²) in [7, 11) is 1.66. The number of ether oxygens (including phenoxy) is 1. The average Bonchev–Trinajstić information content (AvgIpc) is 3.37. The van der Waals surface area contributed by atoms with Crippen molar-refractivity contribution in [3.63, 3.8) is 0 Å². The van der Waals surface area contributed by atoms with E-state index in [1.807, 2.05) is 94.6 Å². The van der Waals surface area contributed by atoms with Gasteiger partial charge >= 0.3 is 0 Å². The molecule has 2 aromatic carbocycles. The van der Waals surface area contributed by atoms with E-state index >= 15 is 0 Å². The number of hydrogen-bond acceptors (Lipinski definition) is 3. The Labute approximate surface area is 151 Å². The highest BCUT2D eigenvalue weighted by Gasteiger charge is 2.13. The summed E-state index contributed by atoms with van der Waals surface area (Å²) in [6, 6.07) is 21.8. The molecule has 4 aromatic rings. The van der Waals surface area contributed by atoms with E-state index in [1.54, 1.807) is 13.3 Å². The van der Waals surface area contributed by atoms with E-state index in [4.69, 9.17) is 4.74 Å². The molecule has 0 unspecified atom stereocenters. The summed E-state index contributed by atoms with van der Waals surface area (Å²) in [5, 5.41) is 4.54. The third-order valence-electron chi connectivity index (χ3n) is 4.04. The lowest BCUT2D eigenvalue weighted by Gasteiger charge is -2.09. The number of nitrogens with zero attached hydrogens (tertiary/aromatic N) is 4. The first kappa shape index (κ1) is 15.9. The molecule has 0 N–H and O–H groups in total. The van der Waals surface area contributed by atoms with Gasteiger partial charge in [-0.25, -0.2) is 4.68 Å². The zero-order valence-electron chi connectivity index (χ0n) is 14.4. The van der Waals surface area contributed by atoms with E-state index in [-0.39, 0.29) is 0 Å². The second kappa shape index (κ2) is 7.11. The van der Waals surface area contributed by atoms with E-state index < -0.39 is 0 Å². The van der Waals surface area contributed by atoms with Crippen LogP contribution >= 0.6 is 0 Å². The third kappa shape index (κ3) is 3.15. The Hall–Kier alpha value is -3.60. The SMILES string of the molecule is COc1ccc(C=Nc2cnn(-c3ccccc3)c2-n2cccc2)cc1. The summed E-state index contributed by atoms with van der Waals surface area (Å²) < 4.78 is 9.10. The molecule has 0 spiro atoms. The molecule has 0 aliphatic rings. The molecule has 0 radical (unpaired) electrons. The van der Waals surface area contributed by atoms with Crippen LogP contribution < -0.4 is 4.74 Å². The van der Waals surface area contributed by atoms with Crippen LogP contribution in [-0.2, 0) is 0 Å². The Bertz CT molecular complexity index is 1000. The summed E-state index contributed by atoms with van der Waals surface area (Å²) in [6.45, 7) is 0. The molecule has 0 fully saturated rings. The van der Waals surface area contributed by atoms with Gasteiger partial charge in [-0.3, -0.25) is 4.99 Å². The van der Waals surface area contributed by atoms with Gasteiger partial charge in [-0.2, -0.15) is 5.10 Å². The van der Waals surface area contributed by atoms with E-state index in [2.05, 4.69) is 10.1 Å². The molecule has 0 amide bonds. The predicted molar refractivity (Wildman–Crippen MR) is 103 cm³/mol. The van der Waals surface area contributed by atoms with Gasteiger partial charge in [-0.1, -0.05) is 18.2 Å². The van der Waals surface area contributed by atoms with Gasteiger partial charge in [0.25, 0.3) is 0 Å². The molecule has 0 aliphatic heterocycles. The minimum absolute atomic E-state index is 0.792. The minimum Gasteiger partial charge on any atom is -0.497 e. The molecule has 5 nitrogen and oxygen atoms in total. The number of benzene rings is 2. The summed E-state index contributed by atoms with van der Waals surface area (Å²) in [5.74, 6) is 1.72. The summed E-state index contributed by atoms with van der Waals surface area (Å²) in [6.07, 6.45) is 7.59. The molecule has 26 heavy (non-hydrogen) atoms. The summed E-state index contributed by atoms with van der Waals surface area (Å²) in [5.41, 5.74) is 2.78. The maximum absolute atomic E-state index is 5.19. The van der Waals surface area contributed by atoms with Crippen LogP contribution in [0.2, 0.25) is 0 Å². The van der Waals surface area contributed by atoms with Gasteiger partial charge in [0.2, 0.25) is 0 Å². The van der Waals surface area contributed by atoms with E-state index in [0.29, 0.717) is 0 Å². The van der Waals surface area contributed by atoms with Crippen molar-refractivity contribution in [3.05, 3.63) is 90.9 Å². The highest BCUT2D eigenvalue weighted by Crippen LogP contribution is 2.26. The van der Waals surface area contributed by atoms with Crippen LogP contribution in [0.4, 0.5) is 5.69 Å². The van der Waals surface area contributed by atoms with Crippen molar-refractivity contribution in [2.45, 2.75) is 0 Å². The molecular weight excluding hydrogens is 324 g/mol. The number of methoxy groups -OCH3 is 1. The maximum atomic E-state index is 5.19. The minimum atomic E-state index is 0.792. The Balaban J connectivity index is 1.74. The Morgan fingerprint density at radius 2 is 1.65 bits per heavy atom. The molecule has 0 aliphatic carbocycles. The first-order chi connectivity index (χ1) is 12.8. The van der Waals surface area contributed by atoms with Crippen LogP contribution in [0.25, 0.3) is 11.5 Å². The fourth-order valence-electron chi connectivity index (χ4n) is 2.73. The molecule has 2 aromatic heterocycles. The highest BCUT2D eigenvalue weighted by molar-refractivity contribution is 5.83. The zero-order chi connectivity index (χ0) is 17.8. The van der Waals surface area contributed by atoms with Crippen molar-refractivity contribution < 1.29 is 4.74 Å². The fourth-order valence-corrected chi connectivity index (χ4v) is 2.73. The van der Waals surface area contributed by atoms with E-state index in [1.165, 1.54) is 0 Å². The summed E-state index contributed by atoms with van der Waals surface area (Å²) in [4.78, 5) is 4.66. The van der Waals surface area contributed by atoms with Crippen LogP contribution in [0.5, 0.6) is 5.75 Å². The molecule has 0 saturated carbocycles. The van der Waals surface area contributed by atoms with Crippen LogP contribution in [-0.4, -0.2) is 27.7 Å². The summed E-state index contributed by atoms with van der Waals surface area (Å²) >= 11 is 0. The van der Waals surface area contributed by atoms with Crippen molar-refractivity contribution >= 4 is 11.9 Å². The lowest BCUT2D eigenvalue weighted by Crippen LogP contribution is -2.03. The highest BCUT2D eigenvalue weighted by atomic mass is 16.5. The molecule has 5 heteroatoms. The van der Waals surface area contributed by atoms with Gasteiger partial charge in [0.1, 0.15) is 11.4 Å². The van der Waals surface area contributed by atoms with Gasteiger partial charge in [-0.05, 0) is 54.1 Å². The second-order valence-electron chi connectivity index (χ2n) is 5.72. The van der Waals surface area contributed by atoms with Gasteiger partial charge < -0.3 is 9.30 Å². The Morgan fingerprint density at radius 1 is 0.923 bits per heavy atom. The smallest absolute Gasteiger partial charge is 0.166 e. The van der Waals surface area contributed by atoms with Gasteiger partial charge in [0.05, 0.1) is 19.0 Å². The van der Waals surface area contributed by atoms with E-state index in [0.717, 1.165) is 28.5 Å². The Morgan fingerprint density at radius 3 is 2.35 bits per heavy atom. The van der Waals surface area contributed by atoms with Crippen molar-refractivity contribution in [2.75, 3.05) is 7.11 Å². The lowest BCUT2D eigenvalue weighted by atomic mass is 10.2. The molecular formula is C21H18N4O. The molecule has 0 bridgehead atoms. The second-order valence-corrected chi connectivity index (χ2v) is 5.72. The average molecular weight is 342 g/mol. The first-order valence-corrected chi connectivity index (χ1v) is 8.30. The number of hydrogen-bond donors (Lipinski definition) is 0. The third-order valence-corrected chi connectivity index (χ3v) is 4.04. The number of para-hydroxylation sites is 1. The number of aliphatic imine (C=N–C) groups is 1. The van der Waals surface area contributed by atoms with Gasteiger partial charge in [0.15, 0.2) is 5.82 Å². The van der Waals surface area contributed by atoms with Crippen molar-refractivity contribution in [3.8, 4) is 17.3 Å². The molecule has 0 saturated heterocycles. The standard InChI is InChI=1S/C21H18N4O/c1-26-19-11-9-17(10-12-19)15-22-20-16-23-25(18-7-3-2-4-8-18)21(20)24-13-5-6-14-24/h2-16H,1H3. The van der Waals surface area contributed by atoms with Gasteiger partial charge in [-0.15, -0.1) is 0 Å². The molecule has 0 atom stereocenters. The van der Waals surface area contributed by atoms with E-state index in [9.17, 15) is 0 Å². The lowest BCUT2D eigenvalue weighted by molar-refractivity contribution is 0.415. The zero-order valence-corrected chi connectivity index (χ0v) is 14.4. The predicted octanol–water partition coefficient (Wildman–Crippen LogP) is 4.42. The maximum Gasteiger partial charge on any atom is 0.166 e. The van der Waals surface area contributed by atoms with Gasteiger partial charge in [0, 0.05) is 18.6 Å². The first-order valence-electron chi connectivity index (χ1n) is 8.30. The van der Waals surface area contributed by atoms with Crippen LogP contribution in [0.1, 0.15) is 5.56 Å². The number of aromatic nitrogens is 3. The quantitative estimate of drug-likeness (QED) is 0.504.